The minimum Gasteiger partial charge on any atom is -0.462 e. The van der Waals surface area contributed by atoms with Gasteiger partial charge in [-0.05, 0) is 30.7 Å². The van der Waals surface area contributed by atoms with E-state index in [-0.39, 0.29) is 30.2 Å². The molecule has 138 valence electrons. The van der Waals surface area contributed by atoms with Gasteiger partial charge in [0, 0.05) is 17.6 Å². The van der Waals surface area contributed by atoms with Crippen LogP contribution >= 0.6 is 11.6 Å². The van der Waals surface area contributed by atoms with E-state index >= 15 is 0 Å². The maximum absolute atomic E-state index is 12.2. The van der Waals surface area contributed by atoms with E-state index in [9.17, 15) is 24.5 Å². The number of nitro groups is 1. The van der Waals surface area contributed by atoms with Crippen molar-refractivity contribution in [1.82, 2.24) is 4.90 Å². The van der Waals surface area contributed by atoms with Crippen LogP contribution in [0.25, 0.3) is 0 Å². The quantitative estimate of drug-likeness (QED) is 0.247. The first kappa shape index (κ1) is 18.5. The third-order valence-corrected chi connectivity index (χ3v) is 4.25. The molecule has 1 heterocycles. The Morgan fingerprint density at radius 3 is 2.33 bits per heavy atom. The monoisotopic (exact) mass is 388 g/mol. The summed E-state index contributed by atoms with van der Waals surface area (Å²) in [6, 6.07) is 10.1. The molecule has 2 aromatic carbocycles. The van der Waals surface area contributed by atoms with E-state index in [0.717, 1.165) is 17.0 Å². The van der Waals surface area contributed by atoms with Crippen molar-refractivity contribution in [2.24, 2.45) is 0 Å². The lowest BCUT2D eigenvalue weighted by atomic mass is 10.1. The molecular weight excluding hydrogens is 376 g/mol. The standard InChI is InChI=1S/C18H13ClN2O6/c19-11-6-7-15(21(25)26)14(10-11)18(24)27-9-3-8-20-16(22)12-4-1-2-5-13(12)17(20)23/h1-2,4-7,10H,3,8-9H2. The Hall–Kier alpha value is -3.26. The molecule has 0 radical (unpaired) electrons. The zero-order valence-corrected chi connectivity index (χ0v) is 14.6. The number of carbonyl (C=O) groups is 3. The van der Waals surface area contributed by atoms with Gasteiger partial charge >= 0.3 is 5.97 Å². The number of nitrogens with zero attached hydrogens (tertiary/aromatic N) is 2. The van der Waals surface area contributed by atoms with Crippen LogP contribution in [0.2, 0.25) is 5.02 Å². The fourth-order valence-electron chi connectivity index (χ4n) is 2.74. The molecule has 9 heteroatoms. The summed E-state index contributed by atoms with van der Waals surface area (Å²) in [7, 11) is 0. The molecule has 0 N–H and O–H groups in total. The number of imide groups is 1. The summed E-state index contributed by atoms with van der Waals surface area (Å²) >= 11 is 5.78. The first-order valence-electron chi connectivity index (χ1n) is 7.96. The Bertz CT molecular complexity index is 924. The number of amides is 2. The lowest BCUT2D eigenvalue weighted by Crippen LogP contribution is -2.31. The summed E-state index contributed by atoms with van der Waals surface area (Å²) in [5.74, 6) is -1.69. The summed E-state index contributed by atoms with van der Waals surface area (Å²) in [5, 5.41) is 11.2. The third-order valence-electron chi connectivity index (χ3n) is 4.01. The van der Waals surface area contributed by atoms with Gasteiger partial charge in [-0.1, -0.05) is 23.7 Å². The van der Waals surface area contributed by atoms with Crippen LogP contribution in [-0.2, 0) is 4.74 Å². The summed E-state index contributed by atoms with van der Waals surface area (Å²) in [5.41, 5.74) is 0.0149. The first-order valence-corrected chi connectivity index (χ1v) is 8.34. The molecule has 0 saturated carbocycles. The molecule has 8 nitrogen and oxygen atoms in total. The lowest BCUT2D eigenvalue weighted by molar-refractivity contribution is -0.385. The van der Waals surface area contributed by atoms with Gasteiger partial charge in [-0.2, -0.15) is 0 Å². The maximum atomic E-state index is 12.2. The molecule has 1 aliphatic heterocycles. The SMILES string of the molecule is O=C(OCCCN1C(=O)c2ccccc2C1=O)c1cc(Cl)ccc1[N+](=O)[O-]. The van der Waals surface area contributed by atoms with Crippen molar-refractivity contribution in [1.29, 1.82) is 0 Å². The average Bonchev–Trinajstić information content (AvgIpc) is 2.89. The van der Waals surface area contributed by atoms with E-state index in [1.165, 1.54) is 6.07 Å². The van der Waals surface area contributed by atoms with Crippen LogP contribution in [0, 0.1) is 10.1 Å². The molecule has 0 saturated heterocycles. The van der Waals surface area contributed by atoms with Crippen LogP contribution in [0.4, 0.5) is 5.69 Å². The van der Waals surface area contributed by atoms with Crippen LogP contribution in [-0.4, -0.2) is 40.8 Å². The van der Waals surface area contributed by atoms with Gasteiger partial charge in [0.1, 0.15) is 5.56 Å². The maximum Gasteiger partial charge on any atom is 0.345 e. The fraction of sp³-hybridized carbons (Fsp3) is 0.167. The van der Waals surface area contributed by atoms with Gasteiger partial charge in [0.05, 0.1) is 22.7 Å². The van der Waals surface area contributed by atoms with Crippen molar-refractivity contribution in [2.75, 3.05) is 13.2 Å². The van der Waals surface area contributed by atoms with Crippen molar-refractivity contribution < 1.29 is 24.0 Å². The van der Waals surface area contributed by atoms with Gasteiger partial charge in [-0.3, -0.25) is 24.6 Å². The van der Waals surface area contributed by atoms with Crippen LogP contribution in [0.3, 0.4) is 0 Å². The van der Waals surface area contributed by atoms with E-state index in [2.05, 4.69) is 0 Å². The van der Waals surface area contributed by atoms with Crippen LogP contribution in [0.1, 0.15) is 37.5 Å². The molecule has 3 rings (SSSR count). The van der Waals surface area contributed by atoms with E-state index < -0.39 is 28.4 Å². The van der Waals surface area contributed by atoms with Gasteiger partial charge in [0.2, 0.25) is 0 Å². The van der Waals surface area contributed by atoms with Crippen LogP contribution in [0.15, 0.2) is 42.5 Å². The average molecular weight is 389 g/mol. The molecule has 0 bridgehead atoms. The molecule has 1 aliphatic rings. The molecule has 0 atom stereocenters. The number of ether oxygens (including phenoxy) is 1. The third kappa shape index (κ3) is 3.65. The molecule has 0 aliphatic carbocycles. The number of halogens is 1. The van der Waals surface area contributed by atoms with E-state index in [1.807, 2.05) is 0 Å². The second kappa shape index (κ2) is 7.55. The normalized spacial score (nSPS) is 12.9. The largest absolute Gasteiger partial charge is 0.462 e. The number of rotatable bonds is 6. The predicted molar refractivity (Wildman–Crippen MR) is 94.8 cm³/mol. The zero-order chi connectivity index (χ0) is 19.6. The lowest BCUT2D eigenvalue weighted by Gasteiger charge is -2.13. The van der Waals surface area contributed by atoms with Gasteiger partial charge in [-0.15, -0.1) is 0 Å². The highest BCUT2D eigenvalue weighted by Gasteiger charge is 2.34. The number of carbonyl (C=O) groups excluding carboxylic acids is 3. The summed E-state index contributed by atoms with van der Waals surface area (Å²) in [4.78, 5) is 47.9. The minimum absolute atomic E-state index is 0.0667. The molecule has 2 aromatic rings. The smallest absolute Gasteiger partial charge is 0.345 e. The number of esters is 1. The molecule has 0 fully saturated rings. The summed E-state index contributed by atoms with van der Waals surface area (Å²) < 4.78 is 5.03. The Labute approximate surface area is 158 Å². The topological polar surface area (TPSA) is 107 Å². The second-order valence-electron chi connectivity index (χ2n) is 5.72. The molecule has 0 spiro atoms. The molecule has 2 amide bonds. The van der Waals surface area contributed by atoms with E-state index in [4.69, 9.17) is 16.3 Å². The summed E-state index contributed by atoms with van der Waals surface area (Å²) in [6.45, 7) is -0.0484. The van der Waals surface area contributed by atoms with Crippen LogP contribution < -0.4 is 0 Å². The fourth-order valence-corrected chi connectivity index (χ4v) is 2.91. The number of fused-ring (bicyclic) bond motifs is 1. The van der Waals surface area contributed by atoms with E-state index in [0.29, 0.717) is 11.1 Å². The van der Waals surface area contributed by atoms with Crippen molar-refractivity contribution in [3.05, 3.63) is 74.3 Å². The Morgan fingerprint density at radius 2 is 1.74 bits per heavy atom. The molecular formula is C18H13ClN2O6. The number of benzene rings is 2. The van der Waals surface area contributed by atoms with Crippen molar-refractivity contribution in [2.45, 2.75) is 6.42 Å². The second-order valence-corrected chi connectivity index (χ2v) is 6.15. The van der Waals surface area contributed by atoms with Gasteiger partial charge in [0.25, 0.3) is 17.5 Å². The minimum atomic E-state index is -0.897. The Balaban J connectivity index is 1.58. The first-order chi connectivity index (χ1) is 12.9. The predicted octanol–water partition coefficient (Wildman–Crippen LogP) is 3.09. The Morgan fingerprint density at radius 1 is 1.11 bits per heavy atom. The van der Waals surface area contributed by atoms with Crippen LogP contribution in [0.5, 0.6) is 0 Å². The van der Waals surface area contributed by atoms with Gasteiger partial charge < -0.3 is 4.74 Å². The van der Waals surface area contributed by atoms with Crippen molar-refractivity contribution in [3.8, 4) is 0 Å². The summed E-state index contributed by atoms with van der Waals surface area (Å²) in [6.07, 6.45) is 0.200. The highest BCUT2D eigenvalue weighted by molar-refractivity contribution is 6.31. The number of nitro benzene ring substituents is 1. The highest BCUT2D eigenvalue weighted by atomic mass is 35.5. The number of hydrogen-bond acceptors (Lipinski definition) is 6. The van der Waals surface area contributed by atoms with E-state index in [1.54, 1.807) is 24.3 Å². The molecule has 0 aromatic heterocycles. The highest BCUT2D eigenvalue weighted by Crippen LogP contribution is 2.24. The number of hydrogen-bond donors (Lipinski definition) is 0. The zero-order valence-electron chi connectivity index (χ0n) is 13.9. The molecule has 27 heavy (non-hydrogen) atoms. The molecule has 0 unspecified atom stereocenters. The Kier molecular flexibility index (Phi) is 5.18. The van der Waals surface area contributed by atoms with Gasteiger partial charge in [-0.25, -0.2) is 4.79 Å². The van der Waals surface area contributed by atoms with Crippen molar-refractivity contribution in [3.63, 3.8) is 0 Å². The van der Waals surface area contributed by atoms with Crippen molar-refractivity contribution >= 4 is 35.1 Å². The van der Waals surface area contributed by atoms with Gasteiger partial charge in [0.15, 0.2) is 0 Å².